The Labute approximate surface area is 126 Å². The van der Waals surface area contributed by atoms with Gasteiger partial charge in [0.15, 0.2) is 0 Å². The van der Waals surface area contributed by atoms with Crippen molar-refractivity contribution in [2.24, 2.45) is 0 Å². The summed E-state index contributed by atoms with van der Waals surface area (Å²) in [5.41, 5.74) is 7.08. The average molecular weight is 359 g/mol. The number of aromatic nitrogens is 2. The van der Waals surface area contributed by atoms with Gasteiger partial charge in [-0.3, -0.25) is 4.57 Å². The van der Waals surface area contributed by atoms with Crippen molar-refractivity contribution in [1.29, 1.82) is 0 Å². The molecule has 2 aromatic carbocycles. The van der Waals surface area contributed by atoms with Crippen LogP contribution in [0.1, 0.15) is 0 Å². The SMILES string of the molecule is Nc1nc2cc(F)c(Br)cc2n1-c1cc(F)ccc1Cl. The van der Waals surface area contributed by atoms with Gasteiger partial charge in [-0.15, -0.1) is 0 Å². The van der Waals surface area contributed by atoms with Crippen LogP contribution in [0, 0.1) is 11.6 Å². The first-order valence-electron chi connectivity index (χ1n) is 5.56. The summed E-state index contributed by atoms with van der Waals surface area (Å²) in [6, 6.07) is 6.69. The summed E-state index contributed by atoms with van der Waals surface area (Å²) in [6.45, 7) is 0. The van der Waals surface area contributed by atoms with E-state index >= 15 is 0 Å². The van der Waals surface area contributed by atoms with Crippen LogP contribution in [0.15, 0.2) is 34.8 Å². The molecule has 0 spiro atoms. The number of benzene rings is 2. The Kier molecular flexibility index (Phi) is 3.14. The van der Waals surface area contributed by atoms with E-state index in [4.69, 9.17) is 17.3 Å². The Balaban J connectivity index is 2.38. The van der Waals surface area contributed by atoms with E-state index < -0.39 is 11.6 Å². The molecule has 3 nitrogen and oxygen atoms in total. The zero-order valence-corrected chi connectivity index (χ0v) is 12.2. The molecule has 0 radical (unpaired) electrons. The smallest absolute Gasteiger partial charge is 0.205 e. The van der Waals surface area contributed by atoms with Crippen molar-refractivity contribution in [1.82, 2.24) is 9.55 Å². The van der Waals surface area contributed by atoms with Crippen LogP contribution in [-0.4, -0.2) is 9.55 Å². The molecule has 7 heteroatoms. The van der Waals surface area contributed by atoms with Crippen LogP contribution in [0.4, 0.5) is 14.7 Å². The molecule has 0 aliphatic rings. The highest BCUT2D eigenvalue weighted by molar-refractivity contribution is 9.10. The van der Waals surface area contributed by atoms with Crippen LogP contribution in [0.3, 0.4) is 0 Å². The molecular formula is C13H7BrClF2N3. The summed E-state index contributed by atoms with van der Waals surface area (Å²) in [6.07, 6.45) is 0. The number of hydrogen-bond acceptors (Lipinski definition) is 2. The predicted molar refractivity (Wildman–Crippen MR) is 78.1 cm³/mol. The first-order valence-corrected chi connectivity index (χ1v) is 6.73. The molecule has 20 heavy (non-hydrogen) atoms. The third-order valence-electron chi connectivity index (χ3n) is 2.87. The molecule has 3 aromatic rings. The standard InChI is InChI=1S/C13H7BrClF2N3/c14-7-4-12-10(5-9(7)17)19-13(18)20(12)11-3-6(16)1-2-8(11)15/h1-5H,(H2,18,19). The molecule has 2 N–H and O–H groups in total. The van der Waals surface area contributed by atoms with Gasteiger partial charge in [0.25, 0.3) is 0 Å². The van der Waals surface area contributed by atoms with E-state index in [-0.39, 0.29) is 10.4 Å². The highest BCUT2D eigenvalue weighted by atomic mass is 79.9. The number of imidazole rings is 1. The van der Waals surface area contributed by atoms with Gasteiger partial charge >= 0.3 is 0 Å². The van der Waals surface area contributed by atoms with Gasteiger partial charge in [0, 0.05) is 6.07 Å². The maximum Gasteiger partial charge on any atom is 0.205 e. The Morgan fingerprint density at radius 2 is 1.95 bits per heavy atom. The lowest BCUT2D eigenvalue weighted by Crippen LogP contribution is -2.01. The lowest BCUT2D eigenvalue weighted by Gasteiger charge is -2.09. The zero-order valence-electron chi connectivity index (χ0n) is 9.87. The number of rotatable bonds is 1. The van der Waals surface area contributed by atoms with Gasteiger partial charge in [0.05, 0.1) is 26.2 Å². The molecule has 0 bridgehead atoms. The van der Waals surface area contributed by atoms with Gasteiger partial charge in [-0.2, -0.15) is 0 Å². The fourth-order valence-electron chi connectivity index (χ4n) is 2.00. The lowest BCUT2D eigenvalue weighted by atomic mass is 10.2. The van der Waals surface area contributed by atoms with Crippen LogP contribution in [0.2, 0.25) is 5.02 Å². The quantitative estimate of drug-likeness (QED) is 0.705. The summed E-state index contributed by atoms with van der Waals surface area (Å²) < 4.78 is 28.7. The van der Waals surface area contributed by atoms with Crippen molar-refractivity contribution in [2.45, 2.75) is 0 Å². The second-order valence-corrected chi connectivity index (χ2v) is 5.42. The van der Waals surface area contributed by atoms with Crippen LogP contribution in [-0.2, 0) is 0 Å². The van der Waals surface area contributed by atoms with E-state index in [0.717, 1.165) is 0 Å². The van der Waals surface area contributed by atoms with E-state index in [0.29, 0.717) is 21.7 Å². The summed E-state index contributed by atoms with van der Waals surface area (Å²) in [5, 5.41) is 0.317. The molecule has 0 unspecified atom stereocenters. The van der Waals surface area contributed by atoms with Crippen LogP contribution in [0.5, 0.6) is 0 Å². The maximum absolute atomic E-state index is 13.5. The number of fused-ring (bicyclic) bond motifs is 1. The minimum absolute atomic E-state index is 0.102. The average Bonchev–Trinajstić information content (AvgIpc) is 2.69. The monoisotopic (exact) mass is 357 g/mol. The molecule has 0 aliphatic carbocycles. The normalized spacial score (nSPS) is 11.2. The summed E-state index contributed by atoms with van der Waals surface area (Å²) in [7, 11) is 0. The summed E-state index contributed by atoms with van der Waals surface area (Å²) in [5.74, 6) is -0.802. The number of halogens is 4. The summed E-state index contributed by atoms with van der Waals surface area (Å²) >= 11 is 9.18. The topological polar surface area (TPSA) is 43.8 Å². The number of hydrogen-bond donors (Lipinski definition) is 1. The maximum atomic E-state index is 13.5. The van der Waals surface area contributed by atoms with E-state index in [1.54, 1.807) is 0 Å². The summed E-state index contributed by atoms with van der Waals surface area (Å²) in [4.78, 5) is 4.06. The fraction of sp³-hybridized carbons (Fsp3) is 0. The zero-order chi connectivity index (χ0) is 14.4. The van der Waals surface area contributed by atoms with Gasteiger partial charge in [0.2, 0.25) is 5.95 Å². The predicted octanol–water partition coefficient (Wildman–Crippen LogP) is 4.30. The van der Waals surface area contributed by atoms with Gasteiger partial charge in [-0.05, 0) is 40.2 Å². The van der Waals surface area contributed by atoms with Gasteiger partial charge in [-0.1, -0.05) is 11.6 Å². The Morgan fingerprint density at radius 3 is 2.70 bits per heavy atom. The van der Waals surface area contributed by atoms with Crippen molar-refractivity contribution in [3.05, 3.63) is 51.5 Å². The highest BCUT2D eigenvalue weighted by Crippen LogP contribution is 2.31. The first-order chi connectivity index (χ1) is 9.47. The number of anilines is 1. The molecule has 0 saturated heterocycles. The van der Waals surface area contributed by atoms with E-state index in [1.165, 1.54) is 34.9 Å². The number of nitrogens with two attached hydrogens (primary N) is 1. The molecule has 1 aromatic heterocycles. The fourth-order valence-corrected chi connectivity index (χ4v) is 2.54. The van der Waals surface area contributed by atoms with Gasteiger partial charge < -0.3 is 5.73 Å². The van der Waals surface area contributed by atoms with Crippen molar-refractivity contribution in [3.63, 3.8) is 0 Å². The minimum Gasteiger partial charge on any atom is -0.369 e. The van der Waals surface area contributed by atoms with Crippen molar-refractivity contribution >= 4 is 44.5 Å². The molecule has 0 saturated carbocycles. The second kappa shape index (κ2) is 4.71. The highest BCUT2D eigenvalue weighted by Gasteiger charge is 2.15. The third kappa shape index (κ3) is 2.05. The van der Waals surface area contributed by atoms with Crippen molar-refractivity contribution in [3.8, 4) is 5.69 Å². The second-order valence-electron chi connectivity index (χ2n) is 4.16. The van der Waals surface area contributed by atoms with Crippen LogP contribution in [0.25, 0.3) is 16.7 Å². The molecule has 0 atom stereocenters. The van der Waals surface area contributed by atoms with Crippen LogP contribution < -0.4 is 5.73 Å². The van der Waals surface area contributed by atoms with E-state index in [9.17, 15) is 8.78 Å². The Hall–Kier alpha value is -1.66. The van der Waals surface area contributed by atoms with Gasteiger partial charge in [0.1, 0.15) is 11.6 Å². The number of nitrogen functional groups attached to an aromatic ring is 1. The molecule has 0 aliphatic heterocycles. The van der Waals surface area contributed by atoms with Crippen molar-refractivity contribution < 1.29 is 8.78 Å². The van der Waals surface area contributed by atoms with Gasteiger partial charge in [-0.25, -0.2) is 13.8 Å². The van der Waals surface area contributed by atoms with Crippen molar-refractivity contribution in [2.75, 3.05) is 5.73 Å². The van der Waals surface area contributed by atoms with E-state index in [1.807, 2.05) is 0 Å². The largest absolute Gasteiger partial charge is 0.369 e. The molecule has 0 amide bonds. The third-order valence-corrected chi connectivity index (χ3v) is 3.80. The first kappa shape index (κ1) is 13.3. The molecule has 3 rings (SSSR count). The lowest BCUT2D eigenvalue weighted by molar-refractivity contribution is 0.622. The molecule has 102 valence electrons. The van der Waals surface area contributed by atoms with Crippen LogP contribution >= 0.6 is 27.5 Å². The Bertz CT molecular complexity index is 832. The van der Waals surface area contributed by atoms with E-state index in [2.05, 4.69) is 20.9 Å². The minimum atomic E-state index is -0.452. The number of nitrogens with zero attached hydrogens (tertiary/aromatic N) is 2. The molecular weight excluding hydrogens is 352 g/mol. The Morgan fingerprint density at radius 1 is 1.20 bits per heavy atom. The molecule has 0 fully saturated rings. The molecule has 1 heterocycles.